The Bertz CT molecular complexity index is 584. The van der Waals surface area contributed by atoms with Gasteiger partial charge in [-0.2, -0.15) is 0 Å². The van der Waals surface area contributed by atoms with Gasteiger partial charge in [0.05, 0.1) is 6.54 Å². The van der Waals surface area contributed by atoms with Gasteiger partial charge in [0.1, 0.15) is 17.1 Å². The molecule has 0 unspecified atom stereocenters. The quantitative estimate of drug-likeness (QED) is 0.584. The fourth-order valence-corrected chi connectivity index (χ4v) is 3.04. The summed E-state index contributed by atoms with van der Waals surface area (Å²) in [5.41, 5.74) is 3.87. The average molecular weight is 291 g/mol. The lowest BCUT2D eigenvalue weighted by Crippen LogP contribution is -2.38. The van der Waals surface area contributed by atoms with Gasteiger partial charge in [0, 0.05) is 0 Å². The Labute approximate surface area is 132 Å². The van der Waals surface area contributed by atoms with Crippen LogP contribution in [0, 0.1) is 0 Å². The van der Waals surface area contributed by atoms with Gasteiger partial charge in [-0.1, -0.05) is 54.6 Å². The summed E-state index contributed by atoms with van der Waals surface area (Å²) in [6, 6.07) is 32.2. The van der Waals surface area contributed by atoms with E-state index in [1.54, 1.807) is 0 Å². The van der Waals surface area contributed by atoms with Crippen molar-refractivity contribution in [1.29, 1.82) is 0 Å². The lowest BCUT2D eigenvalue weighted by molar-refractivity contribution is 0.545. The van der Waals surface area contributed by atoms with Crippen LogP contribution in [0.15, 0.2) is 91.0 Å². The maximum absolute atomic E-state index is 2.24. The molecule has 0 saturated carbocycles. The molecule has 0 radical (unpaired) electrons. The van der Waals surface area contributed by atoms with Crippen LogP contribution in [-0.4, -0.2) is 12.0 Å². The number of para-hydroxylation sites is 3. The molecule has 0 bridgehead atoms. The van der Waals surface area contributed by atoms with E-state index in [1.165, 1.54) is 17.1 Å². The van der Waals surface area contributed by atoms with Crippen LogP contribution in [0.1, 0.15) is 6.92 Å². The molecule has 112 valence electrons. The second kappa shape index (κ2) is 7.03. The molecule has 0 aliphatic carbocycles. The van der Waals surface area contributed by atoms with E-state index in [1.807, 2.05) is 0 Å². The van der Waals surface area contributed by atoms with Crippen LogP contribution in [-0.2, 0) is 0 Å². The topological polar surface area (TPSA) is 30.0 Å². The Morgan fingerprint density at radius 2 is 0.818 bits per heavy atom. The van der Waals surface area contributed by atoms with Crippen molar-refractivity contribution in [2.24, 2.45) is 0 Å². The highest BCUT2D eigenvalue weighted by Crippen LogP contribution is 2.42. The van der Waals surface area contributed by atoms with E-state index < -0.39 is 0 Å². The number of hydrogen-bond donors (Lipinski definition) is 0. The number of rotatable bonds is 4. The average Bonchev–Trinajstić information content (AvgIpc) is 2.59. The smallest absolute Gasteiger partial charge is 0.143 e. The minimum absolute atomic E-state index is 0. The van der Waals surface area contributed by atoms with Gasteiger partial charge in [-0.3, -0.25) is 0 Å². The fraction of sp³-hybridized carbons (Fsp3) is 0.100. The third kappa shape index (κ3) is 2.67. The first-order valence-corrected chi connectivity index (χ1v) is 7.43. The van der Waals surface area contributed by atoms with Crippen LogP contribution < -0.4 is 4.48 Å². The van der Waals surface area contributed by atoms with Gasteiger partial charge < -0.3 is 5.48 Å². The van der Waals surface area contributed by atoms with Crippen LogP contribution in [0.3, 0.4) is 0 Å². The summed E-state index contributed by atoms with van der Waals surface area (Å²) in [4.78, 5) is 0. The second-order valence-corrected chi connectivity index (χ2v) is 5.13. The Kier molecular flexibility index (Phi) is 5.10. The summed E-state index contributed by atoms with van der Waals surface area (Å²) in [5, 5.41) is 0. The van der Waals surface area contributed by atoms with Crippen LogP contribution in [0.2, 0.25) is 0 Å². The molecule has 0 saturated heterocycles. The largest absolute Gasteiger partial charge is 0.870 e. The molecule has 0 fully saturated rings. The molecule has 22 heavy (non-hydrogen) atoms. The highest BCUT2D eigenvalue weighted by atomic mass is 16.0. The van der Waals surface area contributed by atoms with Crippen LogP contribution >= 0.6 is 0 Å². The van der Waals surface area contributed by atoms with Crippen molar-refractivity contribution in [2.75, 3.05) is 6.54 Å². The molecule has 3 rings (SSSR count). The third-order valence-corrected chi connectivity index (χ3v) is 4.07. The van der Waals surface area contributed by atoms with E-state index in [9.17, 15) is 0 Å². The monoisotopic (exact) mass is 291 g/mol. The van der Waals surface area contributed by atoms with Crippen molar-refractivity contribution in [3.8, 4) is 0 Å². The first-order valence-electron chi connectivity index (χ1n) is 7.43. The van der Waals surface area contributed by atoms with Gasteiger partial charge in [0.25, 0.3) is 0 Å². The second-order valence-electron chi connectivity index (χ2n) is 5.13. The zero-order valence-corrected chi connectivity index (χ0v) is 12.8. The molecular formula is C20H21NO. The lowest BCUT2D eigenvalue weighted by atomic mass is 10.1. The van der Waals surface area contributed by atoms with Crippen molar-refractivity contribution in [2.45, 2.75) is 6.92 Å². The highest BCUT2D eigenvalue weighted by Gasteiger charge is 2.33. The standard InChI is InChI=1S/C20H20N.H2O/c1-2-21(18-12-6-3-7-13-18,19-14-8-4-9-15-19)20-16-10-5-11-17-20;/h3-17H,2H2,1H3;1H2/q+1;/p-1. The van der Waals surface area contributed by atoms with E-state index in [4.69, 9.17) is 0 Å². The molecule has 0 aromatic heterocycles. The Balaban J connectivity index is 0.00000176. The van der Waals surface area contributed by atoms with Gasteiger partial charge in [-0.15, -0.1) is 0 Å². The molecule has 0 atom stereocenters. The van der Waals surface area contributed by atoms with E-state index in [2.05, 4.69) is 97.9 Å². The van der Waals surface area contributed by atoms with Gasteiger partial charge in [-0.25, -0.2) is 4.48 Å². The predicted octanol–water partition coefficient (Wildman–Crippen LogP) is 5.50. The zero-order valence-electron chi connectivity index (χ0n) is 12.8. The van der Waals surface area contributed by atoms with Crippen LogP contribution in [0.4, 0.5) is 17.1 Å². The minimum Gasteiger partial charge on any atom is -0.870 e. The Hall–Kier alpha value is -2.42. The van der Waals surface area contributed by atoms with Crippen molar-refractivity contribution >= 4 is 17.1 Å². The molecule has 1 N–H and O–H groups in total. The molecule has 3 aromatic carbocycles. The lowest BCUT2D eigenvalue weighted by Gasteiger charge is -2.36. The first kappa shape index (κ1) is 16.0. The van der Waals surface area contributed by atoms with Gasteiger partial charge >= 0.3 is 0 Å². The predicted molar refractivity (Wildman–Crippen MR) is 92.9 cm³/mol. The molecule has 0 aliphatic heterocycles. The molecule has 2 heteroatoms. The van der Waals surface area contributed by atoms with Gasteiger partial charge in [-0.05, 0) is 43.3 Å². The van der Waals surface area contributed by atoms with E-state index in [0.717, 1.165) is 11.0 Å². The SMILES string of the molecule is CC[N+](c1ccccc1)(c1ccccc1)c1ccccc1.[OH-]. The number of benzene rings is 3. The van der Waals surface area contributed by atoms with Gasteiger partial charge in [0.2, 0.25) is 0 Å². The van der Waals surface area contributed by atoms with Crippen molar-refractivity contribution < 1.29 is 5.48 Å². The molecule has 0 spiro atoms. The van der Waals surface area contributed by atoms with E-state index >= 15 is 0 Å². The van der Waals surface area contributed by atoms with Crippen molar-refractivity contribution in [3.05, 3.63) is 91.0 Å². The summed E-state index contributed by atoms with van der Waals surface area (Å²) < 4.78 is 0.739. The maximum atomic E-state index is 2.24. The number of quaternary nitrogens is 1. The highest BCUT2D eigenvalue weighted by molar-refractivity contribution is 5.70. The van der Waals surface area contributed by atoms with Gasteiger partial charge in [0.15, 0.2) is 0 Å². The summed E-state index contributed by atoms with van der Waals surface area (Å²) >= 11 is 0. The summed E-state index contributed by atoms with van der Waals surface area (Å²) in [7, 11) is 0. The third-order valence-electron chi connectivity index (χ3n) is 4.07. The molecule has 2 nitrogen and oxygen atoms in total. The van der Waals surface area contributed by atoms with Crippen LogP contribution in [0.5, 0.6) is 0 Å². The Morgan fingerprint density at radius 1 is 0.545 bits per heavy atom. The summed E-state index contributed by atoms with van der Waals surface area (Å²) in [6.45, 7) is 3.21. The van der Waals surface area contributed by atoms with E-state index in [-0.39, 0.29) is 5.48 Å². The minimum atomic E-state index is 0. The molecule has 3 aromatic rings. The number of hydrogen-bond acceptors (Lipinski definition) is 1. The molecular weight excluding hydrogens is 270 g/mol. The summed E-state index contributed by atoms with van der Waals surface area (Å²) in [5.74, 6) is 0. The zero-order chi connectivity index (χ0) is 14.5. The summed E-state index contributed by atoms with van der Waals surface area (Å²) in [6.07, 6.45) is 0. The normalized spacial score (nSPS) is 10.8. The molecule has 0 aliphatic rings. The molecule has 0 heterocycles. The fourth-order valence-electron chi connectivity index (χ4n) is 3.04. The molecule has 0 amide bonds. The van der Waals surface area contributed by atoms with Crippen molar-refractivity contribution in [1.82, 2.24) is 4.48 Å². The first-order chi connectivity index (χ1) is 10.4. The van der Waals surface area contributed by atoms with E-state index in [0.29, 0.717) is 0 Å². The van der Waals surface area contributed by atoms with Crippen molar-refractivity contribution in [3.63, 3.8) is 0 Å². The maximum Gasteiger partial charge on any atom is 0.143 e. The Morgan fingerprint density at radius 3 is 1.05 bits per heavy atom. The van der Waals surface area contributed by atoms with Crippen LogP contribution in [0.25, 0.3) is 0 Å². The number of nitrogens with zero attached hydrogens (tertiary/aromatic N) is 1.